The summed E-state index contributed by atoms with van der Waals surface area (Å²) in [6.45, 7) is 3.58. The molecular formula is C21H26N2. The molecule has 0 bridgehead atoms. The maximum absolute atomic E-state index is 2.64. The van der Waals surface area contributed by atoms with Crippen molar-refractivity contribution in [1.29, 1.82) is 0 Å². The number of piperidine rings is 1. The maximum atomic E-state index is 2.64. The number of nitrogens with zero attached hydrogens (tertiary/aromatic N) is 2. The molecule has 0 radical (unpaired) electrons. The molecule has 0 saturated carbocycles. The molecule has 0 atom stereocenters. The van der Waals surface area contributed by atoms with Gasteiger partial charge in [-0.3, -0.25) is 4.90 Å². The summed E-state index contributed by atoms with van der Waals surface area (Å²) in [5.41, 5.74) is 4.45. The van der Waals surface area contributed by atoms with Gasteiger partial charge in [-0.05, 0) is 62.0 Å². The van der Waals surface area contributed by atoms with E-state index in [1.807, 2.05) is 0 Å². The number of para-hydroxylation sites is 1. The van der Waals surface area contributed by atoms with Crippen LogP contribution in [0.15, 0.2) is 54.6 Å². The second-order valence-electron chi connectivity index (χ2n) is 6.96. The molecule has 0 unspecified atom stereocenters. The van der Waals surface area contributed by atoms with E-state index >= 15 is 0 Å². The highest BCUT2D eigenvalue weighted by molar-refractivity contribution is 5.49. The fraction of sp³-hybridized carbons (Fsp3) is 0.429. The topological polar surface area (TPSA) is 6.48 Å². The second kappa shape index (κ2) is 6.76. The van der Waals surface area contributed by atoms with Crippen LogP contribution in [0, 0.1) is 0 Å². The Hall–Kier alpha value is -1.80. The molecule has 1 saturated heterocycles. The smallest absolute Gasteiger partial charge is 0.0710 e. The highest BCUT2D eigenvalue weighted by Gasteiger charge is 2.28. The fourth-order valence-electron chi connectivity index (χ4n) is 4.10. The minimum Gasteiger partial charge on any atom is -0.355 e. The van der Waals surface area contributed by atoms with E-state index in [1.54, 1.807) is 0 Å². The van der Waals surface area contributed by atoms with Gasteiger partial charge in [0.15, 0.2) is 0 Å². The third-order valence-electron chi connectivity index (χ3n) is 5.36. The van der Waals surface area contributed by atoms with E-state index in [0.717, 1.165) is 6.67 Å². The number of likely N-dealkylation sites (tertiary alicyclic amines) is 1. The summed E-state index contributed by atoms with van der Waals surface area (Å²) in [5, 5.41) is 0. The lowest BCUT2D eigenvalue weighted by Crippen LogP contribution is -2.46. The van der Waals surface area contributed by atoms with Crippen LogP contribution in [-0.2, 0) is 12.8 Å². The average molecular weight is 306 g/mol. The van der Waals surface area contributed by atoms with Gasteiger partial charge < -0.3 is 4.90 Å². The Bertz CT molecular complexity index is 606. The molecule has 2 heteroatoms. The number of benzene rings is 2. The van der Waals surface area contributed by atoms with E-state index in [9.17, 15) is 0 Å². The van der Waals surface area contributed by atoms with Crippen molar-refractivity contribution in [3.63, 3.8) is 0 Å². The van der Waals surface area contributed by atoms with Crippen LogP contribution in [0.2, 0.25) is 0 Å². The first-order valence-corrected chi connectivity index (χ1v) is 9.01. The zero-order valence-electron chi connectivity index (χ0n) is 13.8. The number of hydrogen-bond acceptors (Lipinski definition) is 2. The fourth-order valence-corrected chi connectivity index (χ4v) is 4.10. The van der Waals surface area contributed by atoms with Gasteiger partial charge in [0.2, 0.25) is 0 Å². The van der Waals surface area contributed by atoms with Crippen LogP contribution in [0.1, 0.15) is 30.4 Å². The molecule has 0 N–H and O–H groups in total. The number of fused-ring (bicyclic) bond motifs is 1. The Balaban J connectivity index is 1.56. The van der Waals surface area contributed by atoms with Crippen molar-refractivity contribution in [2.45, 2.75) is 38.1 Å². The molecule has 2 nitrogen and oxygen atoms in total. The molecule has 1 heterocycles. The van der Waals surface area contributed by atoms with Gasteiger partial charge in [-0.25, -0.2) is 0 Å². The molecule has 2 aromatic carbocycles. The first-order valence-electron chi connectivity index (χ1n) is 9.01. The van der Waals surface area contributed by atoms with Crippen molar-refractivity contribution < 1.29 is 0 Å². The van der Waals surface area contributed by atoms with Crippen LogP contribution in [0.25, 0.3) is 0 Å². The predicted octanol–water partition coefficient (Wildman–Crippen LogP) is 4.10. The standard InChI is InChI=1S/C21H26N2/c1-3-11-20(12-4-1)23(17-22-13-7-2-8-14-22)21-15-18-9-5-6-10-19(18)16-21/h1,3-6,9-12,21H,2,7-8,13-17H2. The van der Waals surface area contributed by atoms with E-state index in [4.69, 9.17) is 0 Å². The zero-order valence-corrected chi connectivity index (χ0v) is 13.8. The minimum absolute atomic E-state index is 0.594. The lowest BCUT2D eigenvalue weighted by Gasteiger charge is -2.37. The van der Waals surface area contributed by atoms with Crippen LogP contribution in [0.3, 0.4) is 0 Å². The van der Waals surface area contributed by atoms with Crippen molar-refractivity contribution in [3.05, 3.63) is 65.7 Å². The summed E-state index contributed by atoms with van der Waals surface area (Å²) in [5.74, 6) is 0. The summed E-state index contributed by atoms with van der Waals surface area (Å²) in [7, 11) is 0. The molecule has 0 amide bonds. The van der Waals surface area contributed by atoms with Crippen molar-refractivity contribution in [3.8, 4) is 0 Å². The monoisotopic (exact) mass is 306 g/mol. The Morgan fingerprint density at radius 3 is 2.04 bits per heavy atom. The number of rotatable bonds is 4. The van der Waals surface area contributed by atoms with Gasteiger partial charge in [-0.2, -0.15) is 0 Å². The van der Waals surface area contributed by atoms with Gasteiger partial charge in [0, 0.05) is 11.7 Å². The highest BCUT2D eigenvalue weighted by atomic mass is 15.3. The van der Waals surface area contributed by atoms with E-state index < -0.39 is 0 Å². The van der Waals surface area contributed by atoms with Crippen molar-refractivity contribution in [2.24, 2.45) is 0 Å². The summed E-state index contributed by atoms with van der Waals surface area (Å²) in [6, 6.07) is 20.6. The zero-order chi connectivity index (χ0) is 15.5. The summed E-state index contributed by atoms with van der Waals surface area (Å²) in [6.07, 6.45) is 6.47. The molecule has 1 aliphatic carbocycles. The third-order valence-corrected chi connectivity index (χ3v) is 5.36. The Labute approximate surface area is 139 Å². The van der Waals surface area contributed by atoms with Gasteiger partial charge in [0.05, 0.1) is 6.67 Å². The molecule has 1 fully saturated rings. The summed E-state index contributed by atoms with van der Waals surface area (Å²) >= 11 is 0. The average Bonchev–Trinajstić information content (AvgIpc) is 3.05. The molecule has 120 valence electrons. The van der Waals surface area contributed by atoms with Crippen molar-refractivity contribution in [2.75, 3.05) is 24.7 Å². The molecule has 1 aliphatic heterocycles. The van der Waals surface area contributed by atoms with E-state index in [-0.39, 0.29) is 0 Å². The van der Waals surface area contributed by atoms with Gasteiger partial charge in [-0.15, -0.1) is 0 Å². The van der Waals surface area contributed by atoms with E-state index in [0.29, 0.717) is 6.04 Å². The van der Waals surface area contributed by atoms with Crippen LogP contribution >= 0.6 is 0 Å². The SMILES string of the molecule is c1ccc(N(CN2CCCCC2)C2Cc3ccccc3C2)cc1. The molecule has 2 aromatic rings. The lowest BCUT2D eigenvalue weighted by atomic mass is 10.1. The van der Waals surface area contributed by atoms with Gasteiger partial charge in [-0.1, -0.05) is 48.9 Å². The van der Waals surface area contributed by atoms with E-state index in [2.05, 4.69) is 64.4 Å². The molecule has 0 aromatic heterocycles. The number of anilines is 1. The third kappa shape index (κ3) is 3.28. The minimum atomic E-state index is 0.594. The first-order chi connectivity index (χ1) is 11.4. The van der Waals surface area contributed by atoms with Gasteiger partial charge in [0.25, 0.3) is 0 Å². The van der Waals surface area contributed by atoms with Gasteiger partial charge >= 0.3 is 0 Å². The van der Waals surface area contributed by atoms with Gasteiger partial charge in [0.1, 0.15) is 0 Å². The highest BCUT2D eigenvalue weighted by Crippen LogP contribution is 2.29. The van der Waals surface area contributed by atoms with Crippen LogP contribution in [-0.4, -0.2) is 30.7 Å². The van der Waals surface area contributed by atoms with Crippen molar-refractivity contribution in [1.82, 2.24) is 4.90 Å². The van der Waals surface area contributed by atoms with Crippen LogP contribution in [0.4, 0.5) is 5.69 Å². The maximum Gasteiger partial charge on any atom is 0.0710 e. The molecular weight excluding hydrogens is 280 g/mol. The van der Waals surface area contributed by atoms with Crippen LogP contribution < -0.4 is 4.90 Å². The normalized spacial score (nSPS) is 18.8. The molecule has 23 heavy (non-hydrogen) atoms. The Morgan fingerprint density at radius 1 is 0.783 bits per heavy atom. The Morgan fingerprint density at radius 2 is 1.39 bits per heavy atom. The van der Waals surface area contributed by atoms with E-state index in [1.165, 1.54) is 62.0 Å². The Kier molecular flexibility index (Phi) is 4.34. The number of hydrogen-bond donors (Lipinski definition) is 0. The molecule has 2 aliphatic rings. The quantitative estimate of drug-likeness (QED) is 0.839. The van der Waals surface area contributed by atoms with Crippen LogP contribution in [0.5, 0.6) is 0 Å². The first kappa shape index (κ1) is 14.8. The second-order valence-corrected chi connectivity index (χ2v) is 6.96. The summed E-state index contributed by atoms with van der Waals surface area (Å²) < 4.78 is 0. The largest absolute Gasteiger partial charge is 0.355 e. The molecule has 0 spiro atoms. The predicted molar refractivity (Wildman–Crippen MR) is 96.9 cm³/mol. The molecule has 4 rings (SSSR count). The lowest BCUT2D eigenvalue weighted by molar-refractivity contribution is 0.222. The summed E-state index contributed by atoms with van der Waals surface area (Å²) in [4.78, 5) is 5.28. The van der Waals surface area contributed by atoms with Crippen molar-refractivity contribution >= 4 is 5.69 Å².